The summed E-state index contributed by atoms with van der Waals surface area (Å²) < 4.78 is 8.28. The zero-order chi connectivity index (χ0) is 22.3. The fraction of sp³-hybridized carbons (Fsp3) is 0.400. The van der Waals surface area contributed by atoms with Crippen molar-refractivity contribution in [2.75, 3.05) is 26.2 Å². The lowest BCUT2D eigenvalue weighted by Crippen LogP contribution is -2.40. The van der Waals surface area contributed by atoms with Crippen LogP contribution in [0.25, 0.3) is 5.95 Å². The lowest BCUT2D eigenvalue weighted by Gasteiger charge is -2.26. The van der Waals surface area contributed by atoms with E-state index in [4.69, 9.17) is 4.74 Å². The molecule has 1 fully saturated rings. The van der Waals surface area contributed by atoms with E-state index in [1.54, 1.807) is 18.5 Å². The Labute approximate surface area is 189 Å². The van der Waals surface area contributed by atoms with E-state index in [0.717, 1.165) is 17.8 Å². The molecule has 1 aliphatic heterocycles. The molecule has 1 unspecified atom stereocenters. The number of carbonyl (C=O) groups is 1. The highest BCUT2D eigenvalue weighted by atomic mass is 16.5. The third-order valence-electron chi connectivity index (χ3n) is 5.50. The van der Waals surface area contributed by atoms with E-state index < -0.39 is 0 Å². The summed E-state index contributed by atoms with van der Waals surface area (Å²) >= 11 is 0. The van der Waals surface area contributed by atoms with Gasteiger partial charge in [-0.1, -0.05) is 44.2 Å². The summed E-state index contributed by atoms with van der Waals surface area (Å²) in [5, 5.41) is 0. The SMILES string of the molecule is CC(C)CN1CC(OCc2ccccc2)CN(Cc2cccn2-c2ncccn2)CC1=O. The largest absolute Gasteiger partial charge is 0.370 e. The average Bonchev–Trinajstić information content (AvgIpc) is 3.20. The van der Waals surface area contributed by atoms with Crippen molar-refractivity contribution in [1.82, 2.24) is 24.3 Å². The first-order chi connectivity index (χ1) is 15.6. The van der Waals surface area contributed by atoms with Crippen molar-refractivity contribution in [3.63, 3.8) is 0 Å². The molecule has 1 saturated heterocycles. The number of aromatic nitrogens is 3. The molecule has 0 saturated carbocycles. The van der Waals surface area contributed by atoms with Crippen molar-refractivity contribution in [2.24, 2.45) is 5.92 Å². The maximum atomic E-state index is 13.1. The van der Waals surface area contributed by atoms with Crippen LogP contribution in [0.4, 0.5) is 0 Å². The predicted octanol–water partition coefficient (Wildman–Crippen LogP) is 3.15. The molecule has 1 aromatic carbocycles. The fourth-order valence-corrected chi connectivity index (χ4v) is 4.07. The maximum absolute atomic E-state index is 13.1. The minimum atomic E-state index is -0.0585. The first kappa shape index (κ1) is 22.2. The van der Waals surface area contributed by atoms with Crippen molar-refractivity contribution in [1.29, 1.82) is 0 Å². The van der Waals surface area contributed by atoms with Crippen molar-refractivity contribution in [3.8, 4) is 5.95 Å². The minimum absolute atomic E-state index is 0.0585. The summed E-state index contributed by atoms with van der Waals surface area (Å²) in [5.74, 6) is 1.19. The molecule has 7 nitrogen and oxygen atoms in total. The molecular formula is C25H31N5O2. The topological polar surface area (TPSA) is 63.5 Å². The maximum Gasteiger partial charge on any atom is 0.236 e. The van der Waals surface area contributed by atoms with E-state index in [-0.39, 0.29) is 12.0 Å². The van der Waals surface area contributed by atoms with E-state index in [1.165, 1.54) is 0 Å². The van der Waals surface area contributed by atoms with Gasteiger partial charge in [0.05, 0.1) is 19.3 Å². The van der Waals surface area contributed by atoms with E-state index in [0.29, 0.717) is 44.7 Å². The summed E-state index contributed by atoms with van der Waals surface area (Å²) in [6.45, 7) is 7.86. The smallest absolute Gasteiger partial charge is 0.236 e. The van der Waals surface area contributed by atoms with Crippen molar-refractivity contribution in [2.45, 2.75) is 33.1 Å². The summed E-state index contributed by atoms with van der Waals surface area (Å²) in [6, 6.07) is 16.0. The van der Waals surface area contributed by atoms with Gasteiger partial charge in [-0.15, -0.1) is 0 Å². The summed E-state index contributed by atoms with van der Waals surface area (Å²) in [6.07, 6.45) is 5.37. The van der Waals surface area contributed by atoms with Crippen LogP contribution in [0.2, 0.25) is 0 Å². The Morgan fingerprint density at radius 3 is 2.56 bits per heavy atom. The highest BCUT2D eigenvalue weighted by Crippen LogP contribution is 2.17. The first-order valence-corrected chi connectivity index (χ1v) is 11.2. The van der Waals surface area contributed by atoms with Gasteiger partial charge in [0.25, 0.3) is 0 Å². The Balaban J connectivity index is 1.50. The predicted molar refractivity (Wildman–Crippen MR) is 123 cm³/mol. The highest BCUT2D eigenvalue weighted by molar-refractivity contribution is 5.78. The minimum Gasteiger partial charge on any atom is -0.370 e. The summed E-state index contributed by atoms with van der Waals surface area (Å²) in [4.78, 5) is 25.9. The Morgan fingerprint density at radius 2 is 1.81 bits per heavy atom. The fourth-order valence-electron chi connectivity index (χ4n) is 4.07. The van der Waals surface area contributed by atoms with Gasteiger partial charge in [-0.2, -0.15) is 0 Å². The van der Waals surface area contributed by atoms with Crippen LogP contribution in [0.3, 0.4) is 0 Å². The van der Waals surface area contributed by atoms with E-state index in [1.807, 2.05) is 39.9 Å². The number of rotatable bonds is 8. The zero-order valence-electron chi connectivity index (χ0n) is 18.8. The number of hydrogen-bond donors (Lipinski definition) is 0. The molecule has 32 heavy (non-hydrogen) atoms. The average molecular weight is 434 g/mol. The summed E-state index contributed by atoms with van der Waals surface area (Å²) in [5.41, 5.74) is 2.18. The molecule has 1 amide bonds. The standard InChI is InChI=1S/C25H31N5O2/c1-20(2)14-29-17-23(32-19-21-8-4-3-5-9-21)16-28(18-24(29)31)15-22-10-6-13-30(22)25-26-11-7-12-27-25/h3-13,20,23H,14-19H2,1-2H3. The molecule has 1 atom stereocenters. The molecule has 0 bridgehead atoms. The van der Waals surface area contributed by atoms with Gasteiger partial charge >= 0.3 is 0 Å². The number of hydrogen-bond acceptors (Lipinski definition) is 5. The Morgan fingerprint density at radius 1 is 1.03 bits per heavy atom. The van der Waals surface area contributed by atoms with Crippen molar-refractivity contribution >= 4 is 5.91 Å². The summed E-state index contributed by atoms with van der Waals surface area (Å²) in [7, 11) is 0. The van der Waals surface area contributed by atoms with E-state index in [9.17, 15) is 4.79 Å². The van der Waals surface area contributed by atoms with Crippen LogP contribution >= 0.6 is 0 Å². The van der Waals surface area contributed by atoms with Crippen molar-refractivity contribution in [3.05, 3.63) is 78.4 Å². The van der Waals surface area contributed by atoms with Gasteiger partial charge in [-0.25, -0.2) is 9.97 Å². The third-order valence-corrected chi connectivity index (χ3v) is 5.50. The van der Waals surface area contributed by atoms with E-state index >= 15 is 0 Å². The Kier molecular flexibility index (Phi) is 7.29. The number of amides is 1. The van der Waals surface area contributed by atoms with Gasteiger partial charge in [-0.3, -0.25) is 14.3 Å². The second kappa shape index (κ2) is 10.5. The van der Waals surface area contributed by atoms with Crippen molar-refractivity contribution < 1.29 is 9.53 Å². The van der Waals surface area contributed by atoms with Crippen LogP contribution in [0.5, 0.6) is 0 Å². The molecule has 168 valence electrons. The van der Waals surface area contributed by atoms with Crippen LogP contribution in [-0.2, 0) is 22.7 Å². The Hall–Kier alpha value is -3.03. The second-order valence-electron chi connectivity index (χ2n) is 8.70. The number of nitrogens with zero attached hydrogens (tertiary/aromatic N) is 5. The van der Waals surface area contributed by atoms with Gasteiger partial charge in [0.2, 0.25) is 11.9 Å². The number of carbonyl (C=O) groups excluding carboxylic acids is 1. The second-order valence-corrected chi connectivity index (χ2v) is 8.70. The molecule has 3 aromatic rings. The first-order valence-electron chi connectivity index (χ1n) is 11.2. The van der Waals surface area contributed by atoms with Crippen LogP contribution in [0.1, 0.15) is 25.1 Å². The lowest BCUT2D eigenvalue weighted by atomic mass is 10.2. The molecule has 7 heteroatoms. The highest BCUT2D eigenvalue weighted by Gasteiger charge is 2.29. The van der Waals surface area contributed by atoms with Crippen LogP contribution in [-0.4, -0.2) is 62.5 Å². The van der Waals surface area contributed by atoms with Gasteiger partial charge in [0.15, 0.2) is 0 Å². The van der Waals surface area contributed by atoms with Gasteiger partial charge < -0.3 is 9.64 Å². The molecule has 1 aliphatic rings. The number of ether oxygens (including phenoxy) is 1. The lowest BCUT2D eigenvalue weighted by molar-refractivity contribution is -0.132. The molecule has 0 radical (unpaired) electrons. The normalized spacial score (nSPS) is 17.7. The van der Waals surface area contributed by atoms with Crippen LogP contribution in [0, 0.1) is 5.92 Å². The third kappa shape index (κ3) is 5.81. The number of benzene rings is 1. The molecule has 4 rings (SSSR count). The van der Waals surface area contributed by atoms with Gasteiger partial charge in [-0.05, 0) is 29.7 Å². The van der Waals surface area contributed by atoms with Crippen LogP contribution in [0.15, 0.2) is 67.1 Å². The molecule has 0 spiro atoms. The quantitative estimate of drug-likeness (QED) is 0.546. The van der Waals surface area contributed by atoms with Gasteiger partial charge in [0.1, 0.15) is 0 Å². The van der Waals surface area contributed by atoms with E-state index in [2.05, 4.69) is 46.9 Å². The molecule has 3 heterocycles. The molecular weight excluding hydrogens is 402 g/mol. The van der Waals surface area contributed by atoms with Gasteiger partial charge in [0, 0.05) is 50.5 Å². The monoisotopic (exact) mass is 433 g/mol. The Bertz CT molecular complexity index is 990. The molecule has 0 aliphatic carbocycles. The molecule has 2 aromatic heterocycles. The zero-order valence-corrected chi connectivity index (χ0v) is 18.8. The van der Waals surface area contributed by atoms with Crippen LogP contribution < -0.4 is 0 Å². The molecule has 0 N–H and O–H groups in total.